The first-order valence-corrected chi connectivity index (χ1v) is 18.6. The first kappa shape index (κ1) is 34.3. The number of hydrogen-bond acceptors (Lipinski definition) is 4. The largest absolute Gasteiger partial charge is 0.341 e. The highest BCUT2D eigenvalue weighted by atomic mass is 16.2. The van der Waals surface area contributed by atoms with Crippen LogP contribution in [0.4, 0.5) is 15.3 Å². The van der Waals surface area contributed by atoms with Crippen molar-refractivity contribution in [2.45, 2.75) is 90.1 Å². The lowest BCUT2D eigenvalue weighted by Gasteiger charge is -2.41. The Labute approximate surface area is 287 Å². The highest BCUT2D eigenvalue weighted by Gasteiger charge is 2.35. The Kier molecular flexibility index (Phi) is 11.2. The molecular weight excluding hydrogens is 600 g/mol. The predicted octanol–water partition coefficient (Wildman–Crippen LogP) is 5.57. The molecule has 0 aromatic heterocycles. The number of nitrogens with one attached hydrogen (secondary N) is 2. The van der Waals surface area contributed by atoms with Gasteiger partial charge in [0.25, 0.3) is 0 Å². The number of carbonyl (C=O) groups is 3. The maximum Gasteiger partial charge on any atom is 0.322 e. The van der Waals surface area contributed by atoms with Crippen LogP contribution in [0.1, 0.15) is 74.6 Å². The molecule has 0 aliphatic carbocycles. The maximum atomic E-state index is 14.2. The van der Waals surface area contributed by atoms with Gasteiger partial charge in [0, 0.05) is 50.9 Å². The van der Waals surface area contributed by atoms with Gasteiger partial charge in [0.05, 0.1) is 0 Å². The second-order valence-electron chi connectivity index (χ2n) is 14.6. The normalized spacial score (nSPS) is 21.0. The summed E-state index contributed by atoms with van der Waals surface area (Å²) in [7, 11) is 2.21. The smallest absolute Gasteiger partial charge is 0.322 e. The SMILES string of the molecule is CCc1ccc(C[C@@H](NC(=O)N2CCC(N3CCc4ccccc4NC3=O)CC2)C(=O)N2CCC(C3CCN(C)CC3)CC2)cc1CC. The summed E-state index contributed by atoms with van der Waals surface area (Å²) in [6.07, 6.45) is 9.29. The molecule has 48 heavy (non-hydrogen) atoms. The van der Waals surface area contributed by atoms with Crippen molar-refractivity contribution in [1.29, 1.82) is 0 Å². The molecule has 2 aromatic rings. The molecule has 9 nitrogen and oxygen atoms in total. The predicted molar refractivity (Wildman–Crippen MR) is 191 cm³/mol. The number of para-hydroxylation sites is 1. The maximum absolute atomic E-state index is 14.2. The number of aryl methyl sites for hydroxylation is 2. The molecule has 260 valence electrons. The van der Waals surface area contributed by atoms with E-state index in [0.717, 1.165) is 80.8 Å². The van der Waals surface area contributed by atoms with Crippen LogP contribution < -0.4 is 10.6 Å². The minimum Gasteiger partial charge on any atom is -0.341 e. The Morgan fingerprint density at radius 2 is 1.46 bits per heavy atom. The summed E-state index contributed by atoms with van der Waals surface area (Å²) in [6.45, 7) is 10.0. The van der Waals surface area contributed by atoms with E-state index in [1.54, 1.807) is 0 Å². The first-order valence-electron chi connectivity index (χ1n) is 18.6. The van der Waals surface area contributed by atoms with Gasteiger partial charge in [0.1, 0.15) is 6.04 Å². The van der Waals surface area contributed by atoms with Gasteiger partial charge in [-0.25, -0.2) is 9.59 Å². The molecular formula is C39H56N6O3. The fourth-order valence-corrected chi connectivity index (χ4v) is 8.59. The van der Waals surface area contributed by atoms with E-state index in [1.807, 2.05) is 32.9 Å². The molecule has 4 aliphatic rings. The fraction of sp³-hybridized carbons (Fsp3) is 0.615. The van der Waals surface area contributed by atoms with Gasteiger partial charge < -0.3 is 30.2 Å². The number of anilines is 1. The Bertz CT molecular complexity index is 1420. The number of carbonyl (C=O) groups excluding carboxylic acids is 3. The van der Waals surface area contributed by atoms with Gasteiger partial charge in [-0.2, -0.15) is 0 Å². The van der Waals surface area contributed by atoms with Crippen molar-refractivity contribution in [3.05, 3.63) is 64.7 Å². The molecule has 3 fully saturated rings. The average molecular weight is 657 g/mol. The lowest BCUT2D eigenvalue weighted by Crippen LogP contribution is -2.57. The van der Waals surface area contributed by atoms with E-state index in [4.69, 9.17) is 0 Å². The fourth-order valence-electron chi connectivity index (χ4n) is 8.59. The number of amides is 5. The van der Waals surface area contributed by atoms with Crippen LogP contribution in [-0.2, 0) is 30.5 Å². The lowest BCUT2D eigenvalue weighted by molar-refractivity contribution is -0.135. The molecule has 5 amide bonds. The molecule has 2 N–H and O–H groups in total. The zero-order chi connectivity index (χ0) is 33.6. The van der Waals surface area contributed by atoms with Gasteiger partial charge in [-0.15, -0.1) is 0 Å². The molecule has 0 unspecified atom stereocenters. The second kappa shape index (κ2) is 15.7. The van der Waals surface area contributed by atoms with Crippen molar-refractivity contribution in [2.75, 3.05) is 58.2 Å². The molecule has 0 saturated carbocycles. The minimum atomic E-state index is -0.609. The summed E-state index contributed by atoms with van der Waals surface area (Å²) in [6, 6.07) is 13.8. The number of nitrogens with zero attached hydrogens (tertiary/aromatic N) is 4. The van der Waals surface area contributed by atoms with E-state index >= 15 is 0 Å². The van der Waals surface area contributed by atoms with Crippen molar-refractivity contribution in [1.82, 2.24) is 24.9 Å². The molecule has 0 bridgehead atoms. The number of benzene rings is 2. The van der Waals surface area contributed by atoms with E-state index < -0.39 is 6.04 Å². The molecule has 6 rings (SSSR count). The van der Waals surface area contributed by atoms with E-state index in [9.17, 15) is 14.4 Å². The number of urea groups is 2. The van der Waals surface area contributed by atoms with Gasteiger partial charge in [0.2, 0.25) is 5.91 Å². The Morgan fingerprint density at radius 3 is 2.15 bits per heavy atom. The van der Waals surface area contributed by atoms with Crippen LogP contribution in [0.2, 0.25) is 0 Å². The number of piperidine rings is 3. The molecule has 4 heterocycles. The van der Waals surface area contributed by atoms with Gasteiger partial charge in [-0.1, -0.05) is 50.2 Å². The Hall–Kier alpha value is -3.59. The van der Waals surface area contributed by atoms with Crippen LogP contribution in [0.3, 0.4) is 0 Å². The van der Waals surface area contributed by atoms with Crippen LogP contribution in [0, 0.1) is 11.8 Å². The van der Waals surface area contributed by atoms with Crippen LogP contribution in [0.5, 0.6) is 0 Å². The zero-order valence-corrected chi connectivity index (χ0v) is 29.4. The summed E-state index contributed by atoms with van der Waals surface area (Å²) < 4.78 is 0. The van der Waals surface area contributed by atoms with Gasteiger partial charge >= 0.3 is 12.1 Å². The number of rotatable bonds is 8. The molecule has 9 heteroatoms. The number of likely N-dealkylation sites (tertiary alicyclic amines) is 3. The van der Waals surface area contributed by atoms with E-state index in [1.165, 1.54) is 37.1 Å². The average Bonchev–Trinajstić information content (AvgIpc) is 3.29. The number of fused-ring (bicyclic) bond motifs is 1. The molecule has 0 spiro atoms. The summed E-state index contributed by atoms with van der Waals surface area (Å²) in [5.41, 5.74) is 5.79. The zero-order valence-electron chi connectivity index (χ0n) is 29.4. The lowest BCUT2D eigenvalue weighted by atomic mass is 9.79. The topological polar surface area (TPSA) is 88.2 Å². The molecule has 3 saturated heterocycles. The van der Waals surface area contributed by atoms with Crippen LogP contribution in [0.15, 0.2) is 42.5 Å². The van der Waals surface area contributed by atoms with E-state index in [-0.39, 0.29) is 24.0 Å². The standard InChI is InChI=1S/C39H56N6O3/c1-4-29-11-10-28(26-30(29)5-2)27-36(37(46)43-21-14-32(15-22-43)31-12-19-42(3)20-13-31)41-38(47)44-23-17-34(18-24-44)45-25-16-33-8-6-7-9-35(33)40-39(45)48/h6-11,26,31-32,34,36H,4-5,12-25,27H2,1-3H3,(H,40,48)(H,41,47)/t36-/m1/s1. The number of hydrogen-bond donors (Lipinski definition) is 2. The monoisotopic (exact) mass is 656 g/mol. The van der Waals surface area contributed by atoms with E-state index in [0.29, 0.717) is 32.0 Å². The van der Waals surface area contributed by atoms with Crippen molar-refractivity contribution in [2.24, 2.45) is 11.8 Å². The van der Waals surface area contributed by atoms with Crippen molar-refractivity contribution in [3.63, 3.8) is 0 Å². The first-order chi connectivity index (χ1) is 23.3. The highest BCUT2D eigenvalue weighted by Crippen LogP contribution is 2.32. The van der Waals surface area contributed by atoms with Crippen LogP contribution >= 0.6 is 0 Å². The third kappa shape index (κ3) is 7.99. The summed E-state index contributed by atoms with van der Waals surface area (Å²) in [4.78, 5) is 49.3. The van der Waals surface area contributed by atoms with Crippen LogP contribution in [0.25, 0.3) is 0 Å². The minimum absolute atomic E-state index is 0.0403. The highest BCUT2D eigenvalue weighted by molar-refractivity contribution is 5.91. The van der Waals surface area contributed by atoms with E-state index in [2.05, 4.69) is 60.7 Å². The quantitative estimate of drug-likeness (QED) is 0.389. The molecule has 4 aliphatic heterocycles. The summed E-state index contributed by atoms with van der Waals surface area (Å²) in [5.74, 6) is 1.49. The molecule has 2 aromatic carbocycles. The van der Waals surface area contributed by atoms with Crippen LogP contribution in [-0.4, -0.2) is 103 Å². The van der Waals surface area contributed by atoms with Crippen molar-refractivity contribution in [3.8, 4) is 0 Å². The molecule has 1 atom stereocenters. The summed E-state index contributed by atoms with van der Waals surface area (Å²) >= 11 is 0. The third-order valence-corrected chi connectivity index (χ3v) is 11.7. The second-order valence-corrected chi connectivity index (χ2v) is 14.6. The Balaban J connectivity index is 1.09. The summed E-state index contributed by atoms with van der Waals surface area (Å²) in [5, 5.41) is 6.29. The van der Waals surface area contributed by atoms with Gasteiger partial charge in [-0.05, 0) is 118 Å². The van der Waals surface area contributed by atoms with Crippen molar-refractivity contribution >= 4 is 23.7 Å². The third-order valence-electron chi connectivity index (χ3n) is 11.7. The molecule has 0 radical (unpaired) electrons. The van der Waals surface area contributed by atoms with Gasteiger partial charge in [0.15, 0.2) is 0 Å². The van der Waals surface area contributed by atoms with Gasteiger partial charge in [-0.3, -0.25) is 4.79 Å². The van der Waals surface area contributed by atoms with Crippen molar-refractivity contribution < 1.29 is 14.4 Å². The Morgan fingerprint density at radius 1 is 0.812 bits per heavy atom.